The van der Waals surface area contributed by atoms with Gasteiger partial charge in [-0.25, -0.2) is 8.78 Å². The van der Waals surface area contributed by atoms with Crippen LogP contribution in [0.15, 0.2) is 45.3 Å². The molecule has 0 aromatic heterocycles. The molecule has 0 fully saturated rings. The van der Waals surface area contributed by atoms with Crippen LogP contribution in [0.25, 0.3) is 0 Å². The van der Waals surface area contributed by atoms with Gasteiger partial charge < -0.3 is 9.31 Å². The highest BCUT2D eigenvalue weighted by atomic mass is 79.9. The normalized spacial score (nSPS) is 10.1. The molecule has 0 bridgehead atoms. The summed E-state index contributed by atoms with van der Waals surface area (Å²) in [4.78, 5) is 0. The van der Waals surface area contributed by atoms with Crippen LogP contribution in [0, 0.1) is 11.6 Å². The van der Waals surface area contributed by atoms with E-state index in [0.29, 0.717) is 8.95 Å². The Bertz CT molecular complexity index is 544. The Morgan fingerprint density at radius 2 is 1.21 bits per heavy atom. The summed E-state index contributed by atoms with van der Waals surface area (Å²) in [5.74, 6) is -1.13. The highest BCUT2D eigenvalue weighted by Gasteiger charge is 2.10. The molecule has 2 aromatic rings. The maximum atomic E-state index is 13.3. The summed E-state index contributed by atoms with van der Waals surface area (Å²) in [5, 5.41) is 0. The van der Waals surface area contributed by atoms with Crippen LogP contribution in [0.1, 0.15) is 0 Å². The molecule has 0 atom stereocenters. The summed E-state index contributed by atoms with van der Waals surface area (Å²) >= 11 is 6.37. The van der Waals surface area contributed by atoms with Crippen molar-refractivity contribution >= 4 is 39.5 Å². The van der Waals surface area contributed by atoms with Crippen molar-refractivity contribution in [2.24, 2.45) is 0 Å². The van der Waals surface area contributed by atoms with E-state index in [1.807, 2.05) is 0 Å². The summed E-state index contributed by atoms with van der Waals surface area (Å²) in [6, 6.07) is 8.44. The van der Waals surface area contributed by atoms with Crippen LogP contribution >= 0.6 is 31.9 Å². The minimum absolute atomic E-state index is 0.0234. The van der Waals surface area contributed by atoms with E-state index in [0.717, 1.165) is 7.69 Å². The van der Waals surface area contributed by atoms with Crippen molar-refractivity contribution in [1.82, 2.24) is 0 Å². The first kappa shape index (κ1) is 14.3. The lowest BCUT2D eigenvalue weighted by molar-refractivity contribution is 0.421. The van der Waals surface area contributed by atoms with Crippen molar-refractivity contribution < 1.29 is 18.1 Å². The standard InChI is InChI=1S/C12H6BBr2F2O2/c14-7-1-3-9(16)11(5-7)18-13-19-12-6-8(15)2-4-10(12)17/h1-6H. The average Bonchev–Trinajstić information content (AvgIpc) is 2.38. The van der Waals surface area contributed by atoms with Gasteiger partial charge >= 0.3 is 7.69 Å². The lowest BCUT2D eigenvalue weighted by Gasteiger charge is -2.08. The smallest absolute Gasteiger partial charge is 0.524 e. The molecule has 2 nitrogen and oxygen atoms in total. The van der Waals surface area contributed by atoms with E-state index < -0.39 is 11.6 Å². The maximum Gasteiger partial charge on any atom is 0.658 e. The molecule has 0 saturated carbocycles. The molecule has 2 rings (SSSR count). The summed E-state index contributed by atoms with van der Waals surface area (Å²) < 4.78 is 38.0. The van der Waals surface area contributed by atoms with E-state index >= 15 is 0 Å². The second kappa shape index (κ2) is 6.39. The maximum absolute atomic E-state index is 13.3. The van der Waals surface area contributed by atoms with Gasteiger partial charge in [0.05, 0.1) is 0 Å². The summed E-state index contributed by atoms with van der Waals surface area (Å²) in [6.07, 6.45) is 0. The Kier molecular flexibility index (Phi) is 4.82. The molecule has 7 heteroatoms. The van der Waals surface area contributed by atoms with Crippen LogP contribution in [-0.2, 0) is 0 Å². The summed E-state index contributed by atoms with van der Waals surface area (Å²) in [5.41, 5.74) is 0. The number of rotatable bonds is 4. The van der Waals surface area contributed by atoms with Crippen LogP contribution in [-0.4, -0.2) is 7.69 Å². The molecule has 0 amide bonds. The molecule has 1 radical (unpaired) electrons. The number of benzene rings is 2. The van der Waals surface area contributed by atoms with Gasteiger partial charge in [-0.3, -0.25) is 0 Å². The van der Waals surface area contributed by atoms with Crippen molar-refractivity contribution in [3.63, 3.8) is 0 Å². The monoisotopic (exact) mass is 389 g/mol. The zero-order valence-electron chi connectivity index (χ0n) is 9.37. The van der Waals surface area contributed by atoms with Gasteiger partial charge in [-0.15, -0.1) is 0 Å². The molecular formula is C12H6BBr2F2O2. The third-order valence-electron chi connectivity index (χ3n) is 2.14. The minimum atomic E-state index is -0.544. The quantitative estimate of drug-likeness (QED) is 0.716. The third-order valence-corrected chi connectivity index (χ3v) is 3.12. The van der Waals surface area contributed by atoms with E-state index in [9.17, 15) is 8.78 Å². The van der Waals surface area contributed by atoms with Crippen molar-refractivity contribution in [2.45, 2.75) is 0 Å². The highest BCUT2D eigenvalue weighted by Crippen LogP contribution is 2.24. The molecule has 0 saturated heterocycles. The van der Waals surface area contributed by atoms with E-state index in [1.165, 1.54) is 36.4 Å². The lowest BCUT2D eigenvalue weighted by Crippen LogP contribution is -2.12. The van der Waals surface area contributed by atoms with Crippen molar-refractivity contribution in [2.75, 3.05) is 0 Å². The topological polar surface area (TPSA) is 18.5 Å². The van der Waals surface area contributed by atoms with Crippen molar-refractivity contribution in [3.8, 4) is 11.5 Å². The highest BCUT2D eigenvalue weighted by molar-refractivity contribution is 9.10. The second-order valence-corrected chi connectivity index (χ2v) is 5.31. The average molecular weight is 391 g/mol. The first-order valence-corrected chi connectivity index (χ1v) is 6.70. The van der Waals surface area contributed by atoms with Gasteiger partial charge in [0.15, 0.2) is 11.6 Å². The molecule has 2 aromatic carbocycles. The number of hydrogen-bond acceptors (Lipinski definition) is 2. The number of hydrogen-bond donors (Lipinski definition) is 0. The molecule has 0 aliphatic rings. The minimum Gasteiger partial charge on any atom is -0.524 e. The molecule has 97 valence electrons. The summed E-state index contributed by atoms with van der Waals surface area (Å²) in [6.45, 7) is 0. The van der Waals surface area contributed by atoms with Crippen LogP contribution < -0.4 is 9.31 Å². The zero-order chi connectivity index (χ0) is 13.8. The molecule has 0 aliphatic carbocycles. The fourth-order valence-corrected chi connectivity index (χ4v) is 1.94. The molecule has 0 unspecified atom stereocenters. The Hall–Kier alpha value is -1.08. The van der Waals surface area contributed by atoms with Crippen LogP contribution in [0.4, 0.5) is 8.78 Å². The number of halogens is 4. The molecule has 0 aliphatic heterocycles. The predicted molar refractivity (Wildman–Crippen MR) is 75.2 cm³/mol. The Morgan fingerprint density at radius 1 is 0.789 bits per heavy atom. The zero-order valence-corrected chi connectivity index (χ0v) is 12.5. The Balaban J connectivity index is 2.00. The van der Waals surface area contributed by atoms with Crippen LogP contribution in [0.3, 0.4) is 0 Å². The fourth-order valence-electron chi connectivity index (χ4n) is 1.26. The first-order valence-electron chi connectivity index (χ1n) is 5.11. The molecular weight excluding hydrogens is 385 g/mol. The van der Waals surface area contributed by atoms with E-state index in [2.05, 4.69) is 31.9 Å². The second-order valence-electron chi connectivity index (χ2n) is 3.48. The van der Waals surface area contributed by atoms with Gasteiger partial charge in [-0.1, -0.05) is 31.9 Å². The van der Waals surface area contributed by atoms with Gasteiger partial charge in [0, 0.05) is 8.95 Å². The Labute approximate surface area is 126 Å². The van der Waals surface area contributed by atoms with E-state index in [1.54, 1.807) is 0 Å². The summed E-state index contributed by atoms with van der Waals surface area (Å²) in [7, 11) is 0.871. The SMILES string of the molecule is Fc1ccc(Br)cc1O[B]Oc1cc(Br)ccc1F. The van der Waals surface area contributed by atoms with Gasteiger partial charge in [0.2, 0.25) is 0 Å². The molecule has 0 N–H and O–H groups in total. The first-order chi connectivity index (χ1) is 9.06. The Morgan fingerprint density at radius 3 is 1.63 bits per heavy atom. The van der Waals surface area contributed by atoms with Crippen molar-refractivity contribution in [3.05, 3.63) is 57.0 Å². The van der Waals surface area contributed by atoms with Crippen LogP contribution in [0.2, 0.25) is 0 Å². The third kappa shape index (κ3) is 3.94. The molecule has 19 heavy (non-hydrogen) atoms. The van der Waals surface area contributed by atoms with Gasteiger partial charge in [-0.05, 0) is 36.4 Å². The van der Waals surface area contributed by atoms with Crippen LogP contribution in [0.5, 0.6) is 11.5 Å². The van der Waals surface area contributed by atoms with E-state index in [4.69, 9.17) is 9.31 Å². The fraction of sp³-hybridized carbons (Fsp3) is 0. The predicted octanol–water partition coefficient (Wildman–Crippen LogP) is 4.48. The molecule has 0 heterocycles. The largest absolute Gasteiger partial charge is 0.658 e. The molecule has 0 spiro atoms. The van der Waals surface area contributed by atoms with Gasteiger partial charge in [-0.2, -0.15) is 0 Å². The van der Waals surface area contributed by atoms with E-state index in [-0.39, 0.29) is 11.5 Å². The van der Waals surface area contributed by atoms with Gasteiger partial charge in [0.1, 0.15) is 11.5 Å². The van der Waals surface area contributed by atoms with Gasteiger partial charge in [0.25, 0.3) is 0 Å². The van der Waals surface area contributed by atoms with Crippen molar-refractivity contribution in [1.29, 1.82) is 0 Å². The lowest BCUT2D eigenvalue weighted by atomic mass is 10.3.